The molecule has 2 heterocycles. The van der Waals surface area contributed by atoms with Crippen LogP contribution in [0.3, 0.4) is 0 Å². The van der Waals surface area contributed by atoms with E-state index < -0.39 is 0 Å². The predicted molar refractivity (Wildman–Crippen MR) is 78.2 cm³/mol. The van der Waals surface area contributed by atoms with Gasteiger partial charge in [-0.15, -0.1) is 0 Å². The molecule has 4 nitrogen and oxygen atoms in total. The van der Waals surface area contributed by atoms with Gasteiger partial charge in [0, 0.05) is 30.8 Å². The topological polar surface area (TPSA) is 60.2 Å². The predicted octanol–water partition coefficient (Wildman–Crippen LogP) is 2.66. The second kappa shape index (κ2) is 5.45. The van der Waals surface area contributed by atoms with E-state index in [-0.39, 0.29) is 0 Å². The number of hydrogen-bond acceptors (Lipinski definition) is 4. The molecule has 0 aliphatic carbocycles. The fourth-order valence-corrected chi connectivity index (χ4v) is 2.46. The maximum absolute atomic E-state index is 5.76. The highest BCUT2D eigenvalue weighted by Crippen LogP contribution is 2.19. The van der Waals surface area contributed by atoms with Gasteiger partial charge in [0.25, 0.3) is 0 Å². The van der Waals surface area contributed by atoms with Gasteiger partial charge in [-0.3, -0.25) is 0 Å². The van der Waals surface area contributed by atoms with E-state index in [1.165, 1.54) is 6.42 Å². The molecule has 4 heteroatoms. The summed E-state index contributed by atoms with van der Waals surface area (Å²) in [6, 6.07) is 9.85. The second-order valence-corrected chi connectivity index (χ2v) is 5.09. The number of nitrogens with zero attached hydrogens (tertiary/aromatic N) is 1. The van der Waals surface area contributed by atoms with Gasteiger partial charge in [-0.1, -0.05) is 0 Å². The van der Waals surface area contributed by atoms with Crippen LogP contribution in [0, 0.1) is 5.92 Å². The zero-order valence-corrected chi connectivity index (χ0v) is 10.9. The van der Waals surface area contributed by atoms with Crippen LogP contribution >= 0.6 is 0 Å². The molecule has 1 saturated heterocycles. The molecule has 19 heavy (non-hydrogen) atoms. The number of nitrogens with one attached hydrogen (secondary N) is 1. The van der Waals surface area contributed by atoms with Crippen LogP contribution in [0.2, 0.25) is 0 Å². The van der Waals surface area contributed by atoms with E-state index in [0.717, 1.165) is 48.6 Å². The highest BCUT2D eigenvalue weighted by atomic mass is 16.5. The Balaban J connectivity index is 1.62. The third kappa shape index (κ3) is 2.96. The molecular weight excluding hydrogens is 238 g/mol. The van der Waals surface area contributed by atoms with E-state index in [4.69, 9.17) is 10.5 Å². The maximum atomic E-state index is 5.76. The van der Waals surface area contributed by atoms with E-state index in [9.17, 15) is 0 Å². The quantitative estimate of drug-likeness (QED) is 0.827. The molecule has 0 spiro atoms. The number of nitrogens with two attached hydrogens (primary N) is 1. The lowest BCUT2D eigenvalue weighted by atomic mass is 10.1. The number of aromatic nitrogens is 1. The minimum Gasteiger partial charge on any atom is -0.399 e. The lowest BCUT2D eigenvalue weighted by Gasteiger charge is -2.10. The summed E-state index contributed by atoms with van der Waals surface area (Å²) in [5.74, 6) is 1.63. The van der Waals surface area contributed by atoms with E-state index >= 15 is 0 Å². The van der Waals surface area contributed by atoms with Crippen molar-refractivity contribution in [3.8, 4) is 0 Å². The summed E-state index contributed by atoms with van der Waals surface area (Å²) in [7, 11) is 0. The lowest BCUT2D eigenvalue weighted by Crippen LogP contribution is -2.09. The Hall–Kier alpha value is -1.81. The van der Waals surface area contributed by atoms with E-state index in [1.807, 2.05) is 24.3 Å². The maximum Gasteiger partial charge on any atom is 0.126 e. The minimum atomic E-state index is 0.702. The molecule has 2 aromatic rings. The van der Waals surface area contributed by atoms with Crippen molar-refractivity contribution in [3.05, 3.63) is 30.3 Å². The van der Waals surface area contributed by atoms with Gasteiger partial charge < -0.3 is 15.8 Å². The molecule has 1 aromatic carbocycles. The van der Waals surface area contributed by atoms with Gasteiger partial charge in [0.05, 0.1) is 5.52 Å². The van der Waals surface area contributed by atoms with Crippen molar-refractivity contribution >= 4 is 22.4 Å². The van der Waals surface area contributed by atoms with Crippen molar-refractivity contribution in [1.82, 2.24) is 4.98 Å². The normalized spacial score (nSPS) is 18.8. The lowest BCUT2D eigenvalue weighted by molar-refractivity contribution is 0.185. The molecular formula is C15H19N3O. The molecule has 3 rings (SSSR count). The molecule has 0 amide bonds. The monoisotopic (exact) mass is 257 g/mol. The van der Waals surface area contributed by atoms with Crippen LogP contribution in [0.25, 0.3) is 10.9 Å². The highest BCUT2D eigenvalue weighted by Gasteiger charge is 2.14. The standard InChI is InChI=1S/C15H19N3O/c16-13-2-3-14-12(9-13)1-4-15(18-14)17-7-5-11-6-8-19-10-11/h1-4,9,11H,5-8,10,16H2,(H,17,18). The fourth-order valence-electron chi connectivity index (χ4n) is 2.46. The zero-order chi connectivity index (χ0) is 13.1. The summed E-state index contributed by atoms with van der Waals surface area (Å²) in [6.45, 7) is 2.77. The van der Waals surface area contributed by atoms with Crippen molar-refractivity contribution in [1.29, 1.82) is 0 Å². The van der Waals surface area contributed by atoms with E-state index in [1.54, 1.807) is 0 Å². The average Bonchev–Trinajstić information content (AvgIpc) is 2.92. The van der Waals surface area contributed by atoms with Crippen LogP contribution in [0.1, 0.15) is 12.8 Å². The molecule has 100 valence electrons. The SMILES string of the molecule is Nc1ccc2nc(NCCC3CCOC3)ccc2c1. The fraction of sp³-hybridized carbons (Fsp3) is 0.400. The van der Waals surface area contributed by atoms with E-state index in [0.29, 0.717) is 5.92 Å². The van der Waals surface area contributed by atoms with Gasteiger partial charge in [-0.25, -0.2) is 4.98 Å². The molecule has 1 aliphatic heterocycles. The molecule has 0 radical (unpaired) electrons. The number of pyridine rings is 1. The third-order valence-electron chi connectivity index (χ3n) is 3.60. The number of nitrogen functional groups attached to an aromatic ring is 1. The van der Waals surface area contributed by atoms with Crippen LogP contribution in [0.5, 0.6) is 0 Å². The molecule has 3 N–H and O–H groups in total. The third-order valence-corrected chi connectivity index (χ3v) is 3.60. The molecule has 1 aromatic heterocycles. The summed E-state index contributed by atoms with van der Waals surface area (Å²) < 4.78 is 5.37. The Morgan fingerprint density at radius 3 is 3.11 bits per heavy atom. The number of rotatable bonds is 4. The molecule has 0 bridgehead atoms. The van der Waals surface area contributed by atoms with Crippen LogP contribution in [-0.2, 0) is 4.74 Å². The van der Waals surface area contributed by atoms with Crippen molar-refractivity contribution in [2.24, 2.45) is 5.92 Å². The first kappa shape index (κ1) is 12.2. The van der Waals surface area contributed by atoms with Crippen molar-refractivity contribution in [2.75, 3.05) is 30.8 Å². The second-order valence-electron chi connectivity index (χ2n) is 5.09. The zero-order valence-electron chi connectivity index (χ0n) is 10.9. The number of hydrogen-bond donors (Lipinski definition) is 2. The van der Waals surface area contributed by atoms with Crippen molar-refractivity contribution < 1.29 is 4.74 Å². The van der Waals surface area contributed by atoms with Gasteiger partial charge in [0.15, 0.2) is 0 Å². The van der Waals surface area contributed by atoms with Crippen molar-refractivity contribution in [2.45, 2.75) is 12.8 Å². The number of ether oxygens (including phenoxy) is 1. The minimum absolute atomic E-state index is 0.702. The molecule has 1 fully saturated rings. The number of fused-ring (bicyclic) bond motifs is 1. The highest BCUT2D eigenvalue weighted by molar-refractivity contribution is 5.83. The van der Waals surface area contributed by atoms with Crippen LogP contribution in [0.4, 0.5) is 11.5 Å². The average molecular weight is 257 g/mol. The molecule has 0 saturated carbocycles. The van der Waals surface area contributed by atoms with Gasteiger partial charge in [0.2, 0.25) is 0 Å². The molecule has 1 aliphatic rings. The summed E-state index contributed by atoms with van der Waals surface area (Å²) >= 11 is 0. The van der Waals surface area contributed by atoms with Crippen molar-refractivity contribution in [3.63, 3.8) is 0 Å². The Morgan fingerprint density at radius 2 is 2.26 bits per heavy atom. The Kier molecular flexibility index (Phi) is 3.51. The van der Waals surface area contributed by atoms with Crippen LogP contribution in [0.15, 0.2) is 30.3 Å². The smallest absolute Gasteiger partial charge is 0.126 e. The van der Waals surface area contributed by atoms with Gasteiger partial charge in [0.1, 0.15) is 5.82 Å². The first-order valence-electron chi connectivity index (χ1n) is 6.79. The number of anilines is 2. The van der Waals surface area contributed by atoms with E-state index in [2.05, 4.69) is 16.4 Å². The van der Waals surface area contributed by atoms with Gasteiger partial charge in [-0.2, -0.15) is 0 Å². The Bertz CT molecular complexity index is 564. The Morgan fingerprint density at radius 1 is 1.32 bits per heavy atom. The number of benzene rings is 1. The summed E-state index contributed by atoms with van der Waals surface area (Å²) in [5.41, 5.74) is 7.51. The molecule has 1 unspecified atom stereocenters. The summed E-state index contributed by atoms with van der Waals surface area (Å²) in [6.07, 6.45) is 2.33. The first-order chi connectivity index (χ1) is 9.31. The largest absolute Gasteiger partial charge is 0.399 e. The summed E-state index contributed by atoms with van der Waals surface area (Å²) in [4.78, 5) is 4.58. The Labute approximate surface area is 113 Å². The first-order valence-corrected chi connectivity index (χ1v) is 6.79. The molecule has 1 atom stereocenters. The van der Waals surface area contributed by atoms with Gasteiger partial charge in [-0.05, 0) is 49.1 Å². The van der Waals surface area contributed by atoms with Crippen LogP contribution < -0.4 is 11.1 Å². The van der Waals surface area contributed by atoms with Crippen LogP contribution in [-0.4, -0.2) is 24.7 Å². The van der Waals surface area contributed by atoms with Gasteiger partial charge >= 0.3 is 0 Å². The summed E-state index contributed by atoms with van der Waals surface area (Å²) in [5, 5.41) is 4.46.